The summed E-state index contributed by atoms with van der Waals surface area (Å²) in [6.45, 7) is 11.5. The van der Waals surface area contributed by atoms with Crippen LogP contribution in [0.25, 0.3) is 0 Å². The highest BCUT2D eigenvalue weighted by atomic mass is 16.6. The van der Waals surface area contributed by atoms with E-state index in [0.717, 1.165) is 42.7 Å². The highest BCUT2D eigenvalue weighted by molar-refractivity contribution is 5.43. The number of allylic oxidation sites excluding steroid dienone is 1. The Kier molecular flexibility index (Phi) is 10.1. The molecule has 0 amide bonds. The Bertz CT molecular complexity index is 665. The van der Waals surface area contributed by atoms with Crippen LogP contribution in [0.2, 0.25) is 0 Å². The van der Waals surface area contributed by atoms with Crippen molar-refractivity contribution in [3.05, 3.63) is 36.0 Å². The highest BCUT2D eigenvalue weighted by Crippen LogP contribution is 2.38. The van der Waals surface area contributed by atoms with Crippen LogP contribution in [0.4, 0.5) is 0 Å². The summed E-state index contributed by atoms with van der Waals surface area (Å²) < 4.78 is 11.2. The molecule has 4 heteroatoms. The fourth-order valence-electron chi connectivity index (χ4n) is 4.47. The molecule has 0 spiro atoms. The van der Waals surface area contributed by atoms with E-state index >= 15 is 0 Å². The fourth-order valence-corrected chi connectivity index (χ4v) is 4.47. The van der Waals surface area contributed by atoms with E-state index < -0.39 is 0 Å². The van der Waals surface area contributed by atoms with Crippen molar-refractivity contribution in [1.29, 1.82) is 0 Å². The van der Waals surface area contributed by atoms with Crippen LogP contribution < -0.4 is 14.8 Å². The third-order valence-electron chi connectivity index (χ3n) is 6.79. The van der Waals surface area contributed by atoms with Crippen LogP contribution in [0.15, 0.2) is 30.5 Å². The first kappa shape index (κ1) is 24.0. The van der Waals surface area contributed by atoms with E-state index in [2.05, 4.69) is 42.9 Å². The van der Waals surface area contributed by atoms with Gasteiger partial charge in [-0.3, -0.25) is 0 Å². The number of fused-ring (bicyclic) bond motifs is 1. The Balaban J connectivity index is 0.000000391. The third-order valence-corrected chi connectivity index (χ3v) is 6.79. The van der Waals surface area contributed by atoms with Gasteiger partial charge in [-0.2, -0.15) is 0 Å². The standard InChI is InChI=1S/C22H33NO2.C5H11N/c1-17(20-9-10-20)6-4-3-5-7-18(2)23-13-12-19-8-11-21-22(16-19)25-15-14-24-21;1-6-4-2-3-5-6/h8,11,16-17,20,23H,2-7,9-10,12-15H2,1H3;2-5H2,1H3. The fraction of sp³-hybridized carbons (Fsp3) is 0.704. The van der Waals surface area contributed by atoms with Crippen molar-refractivity contribution in [3.8, 4) is 11.5 Å². The summed E-state index contributed by atoms with van der Waals surface area (Å²) in [7, 11) is 2.17. The van der Waals surface area contributed by atoms with Gasteiger partial charge < -0.3 is 19.7 Å². The van der Waals surface area contributed by atoms with Gasteiger partial charge in [0.15, 0.2) is 11.5 Å². The molecule has 0 bridgehead atoms. The number of ether oxygens (including phenoxy) is 2. The van der Waals surface area contributed by atoms with Gasteiger partial charge in [0.25, 0.3) is 0 Å². The molecule has 174 valence electrons. The molecule has 2 aliphatic heterocycles. The van der Waals surface area contributed by atoms with Crippen molar-refractivity contribution in [2.75, 3.05) is 39.9 Å². The molecule has 2 heterocycles. The van der Waals surface area contributed by atoms with Gasteiger partial charge in [-0.05, 0) is 94.6 Å². The largest absolute Gasteiger partial charge is 0.486 e. The van der Waals surface area contributed by atoms with E-state index in [9.17, 15) is 0 Å². The summed E-state index contributed by atoms with van der Waals surface area (Å²) in [6.07, 6.45) is 13.2. The second-order valence-electron chi connectivity index (χ2n) is 9.68. The number of hydrogen-bond donors (Lipinski definition) is 1. The minimum absolute atomic E-state index is 0.644. The molecule has 1 atom stereocenters. The number of nitrogens with one attached hydrogen (secondary N) is 1. The number of rotatable bonds is 11. The molecule has 1 N–H and O–H groups in total. The number of unbranched alkanes of at least 4 members (excludes halogenated alkanes) is 2. The minimum atomic E-state index is 0.644. The first-order valence-electron chi connectivity index (χ1n) is 12.6. The van der Waals surface area contributed by atoms with Crippen LogP contribution in [-0.2, 0) is 6.42 Å². The molecule has 4 nitrogen and oxygen atoms in total. The number of benzene rings is 1. The van der Waals surface area contributed by atoms with Gasteiger partial charge in [-0.1, -0.05) is 38.8 Å². The van der Waals surface area contributed by atoms with Gasteiger partial charge in [-0.15, -0.1) is 0 Å². The molecule has 1 saturated heterocycles. The summed E-state index contributed by atoms with van der Waals surface area (Å²) in [6, 6.07) is 6.24. The Hall–Kier alpha value is -1.68. The maximum Gasteiger partial charge on any atom is 0.161 e. The predicted octanol–water partition coefficient (Wildman–Crippen LogP) is 5.81. The Morgan fingerprint density at radius 1 is 1.10 bits per heavy atom. The lowest BCUT2D eigenvalue weighted by Crippen LogP contribution is -2.17. The minimum Gasteiger partial charge on any atom is -0.486 e. The van der Waals surface area contributed by atoms with Crippen LogP contribution in [-0.4, -0.2) is 44.8 Å². The van der Waals surface area contributed by atoms with Crippen molar-refractivity contribution >= 4 is 0 Å². The molecule has 0 aromatic heterocycles. The van der Waals surface area contributed by atoms with Crippen LogP contribution in [0.3, 0.4) is 0 Å². The normalized spacial score (nSPS) is 18.8. The van der Waals surface area contributed by atoms with Gasteiger partial charge in [0.05, 0.1) is 0 Å². The second kappa shape index (κ2) is 13.0. The molecule has 3 aliphatic rings. The quantitative estimate of drug-likeness (QED) is 0.451. The van der Waals surface area contributed by atoms with E-state index in [1.165, 1.54) is 75.7 Å². The summed E-state index contributed by atoms with van der Waals surface area (Å²) in [5.74, 6) is 3.75. The van der Waals surface area contributed by atoms with Crippen molar-refractivity contribution in [2.45, 2.75) is 71.1 Å². The lowest BCUT2D eigenvalue weighted by atomic mass is 9.98. The van der Waals surface area contributed by atoms with Crippen LogP contribution in [0.5, 0.6) is 11.5 Å². The molecule has 1 unspecified atom stereocenters. The zero-order chi connectivity index (χ0) is 21.9. The average molecular weight is 429 g/mol. The molecule has 31 heavy (non-hydrogen) atoms. The first-order chi connectivity index (χ1) is 15.1. The van der Waals surface area contributed by atoms with Crippen LogP contribution in [0, 0.1) is 11.8 Å². The molecular weight excluding hydrogens is 384 g/mol. The van der Waals surface area contributed by atoms with Gasteiger partial charge in [0, 0.05) is 12.2 Å². The number of likely N-dealkylation sites (tertiary alicyclic amines) is 1. The van der Waals surface area contributed by atoms with E-state index in [4.69, 9.17) is 9.47 Å². The Labute approximate surface area is 190 Å². The van der Waals surface area contributed by atoms with E-state index in [-0.39, 0.29) is 0 Å². The molecular formula is C27H44N2O2. The van der Waals surface area contributed by atoms with Crippen LogP contribution in [0.1, 0.15) is 70.3 Å². The Morgan fingerprint density at radius 2 is 1.84 bits per heavy atom. The summed E-state index contributed by atoms with van der Waals surface area (Å²) in [4.78, 5) is 2.36. The zero-order valence-corrected chi connectivity index (χ0v) is 20.0. The number of hydrogen-bond acceptors (Lipinski definition) is 4. The summed E-state index contributed by atoms with van der Waals surface area (Å²) in [5, 5.41) is 3.47. The van der Waals surface area contributed by atoms with Crippen molar-refractivity contribution in [2.24, 2.45) is 11.8 Å². The number of nitrogens with zero attached hydrogens (tertiary/aromatic N) is 1. The molecule has 1 saturated carbocycles. The lowest BCUT2D eigenvalue weighted by Gasteiger charge is -2.19. The molecule has 1 aromatic carbocycles. The van der Waals surface area contributed by atoms with Gasteiger partial charge >= 0.3 is 0 Å². The zero-order valence-electron chi connectivity index (χ0n) is 20.0. The molecule has 1 aliphatic carbocycles. The van der Waals surface area contributed by atoms with E-state index in [0.29, 0.717) is 13.2 Å². The Morgan fingerprint density at radius 3 is 2.52 bits per heavy atom. The van der Waals surface area contributed by atoms with Crippen molar-refractivity contribution in [3.63, 3.8) is 0 Å². The molecule has 4 rings (SSSR count). The van der Waals surface area contributed by atoms with Gasteiger partial charge in [-0.25, -0.2) is 0 Å². The summed E-state index contributed by atoms with van der Waals surface area (Å²) >= 11 is 0. The maximum absolute atomic E-state index is 5.64. The van der Waals surface area contributed by atoms with Gasteiger partial charge in [0.2, 0.25) is 0 Å². The van der Waals surface area contributed by atoms with E-state index in [1.807, 2.05) is 6.07 Å². The molecule has 2 fully saturated rings. The van der Waals surface area contributed by atoms with Crippen molar-refractivity contribution < 1.29 is 9.47 Å². The topological polar surface area (TPSA) is 33.7 Å². The highest BCUT2D eigenvalue weighted by Gasteiger charge is 2.26. The molecule has 0 radical (unpaired) electrons. The predicted molar refractivity (Wildman–Crippen MR) is 130 cm³/mol. The maximum atomic E-state index is 5.64. The lowest BCUT2D eigenvalue weighted by molar-refractivity contribution is 0.171. The third kappa shape index (κ3) is 9.14. The van der Waals surface area contributed by atoms with E-state index in [1.54, 1.807) is 0 Å². The van der Waals surface area contributed by atoms with Gasteiger partial charge in [0.1, 0.15) is 13.2 Å². The summed E-state index contributed by atoms with van der Waals surface area (Å²) in [5.41, 5.74) is 2.45. The first-order valence-corrected chi connectivity index (χ1v) is 12.6. The van der Waals surface area contributed by atoms with Crippen molar-refractivity contribution in [1.82, 2.24) is 10.2 Å². The average Bonchev–Trinajstić information content (AvgIpc) is 3.53. The smallest absolute Gasteiger partial charge is 0.161 e. The van der Waals surface area contributed by atoms with Crippen LogP contribution >= 0.6 is 0 Å². The molecule has 1 aromatic rings. The SMILES string of the molecule is C=C(CCCCCC(C)C1CC1)NCCc1ccc2c(c1)OCCO2.CN1CCCC1. The second-order valence-corrected chi connectivity index (χ2v) is 9.68. The monoisotopic (exact) mass is 428 g/mol.